The van der Waals surface area contributed by atoms with Crippen molar-refractivity contribution in [2.45, 2.75) is 37.5 Å². The molecule has 3 heterocycles. The summed E-state index contributed by atoms with van der Waals surface area (Å²) < 4.78 is 49.2. The molecule has 0 spiro atoms. The van der Waals surface area contributed by atoms with Crippen LogP contribution in [0.5, 0.6) is 23.0 Å². The zero-order valence-corrected chi connectivity index (χ0v) is 27.7. The van der Waals surface area contributed by atoms with E-state index in [1.807, 2.05) is 12.1 Å². The lowest BCUT2D eigenvalue weighted by atomic mass is 9.63. The SMILES string of the molecule is C=CF.COC(=O)[C@H]1[C@H]2C[C@@H]3c4[nH]c5cc(OC)ccc5c4CCN3C[C@H]2C[C@@H](OC(=O)c2cc(OC)c(OC)c(OC)c2)[C@@H]1OC. The minimum atomic E-state index is -0.670. The number of hydrogen-bond donors (Lipinski definition) is 1. The third kappa shape index (κ3) is 6.36. The summed E-state index contributed by atoms with van der Waals surface area (Å²) in [5.74, 6) is 0.441. The van der Waals surface area contributed by atoms with Crippen LogP contribution in [0.15, 0.2) is 43.2 Å². The molecule has 1 saturated heterocycles. The van der Waals surface area contributed by atoms with Crippen molar-refractivity contribution in [3.8, 4) is 23.0 Å². The summed E-state index contributed by atoms with van der Waals surface area (Å²) in [6.45, 7) is 4.38. The number of aromatic nitrogens is 1. The predicted molar refractivity (Wildman–Crippen MR) is 172 cm³/mol. The number of aromatic amines is 1. The highest BCUT2D eigenvalue weighted by molar-refractivity contribution is 5.91. The standard InChI is InChI=1S/C33H40N2O9.C2H3F/c1-38-19-7-8-20-21-9-10-35-16-18-13-27(44-32(36)17-11-25(39-2)30(41-4)26(12-17)40-3)31(42-5)28(33(37)43-6)22(18)15-24(35)29(21)34-23(20)14-19;1-2-3/h7-8,11-12,14,18,22,24,27-28,31,34H,9-10,13,15-16H2,1-6H3;2H,1H2/t18-,22+,24-,27-,28+,31+;/m1./s1. The topological polar surface area (TPSA) is 118 Å². The average Bonchev–Trinajstić information content (AvgIpc) is 3.47. The zero-order chi connectivity index (χ0) is 33.8. The van der Waals surface area contributed by atoms with Crippen LogP contribution < -0.4 is 18.9 Å². The van der Waals surface area contributed by atoms with Gasteiger partial charge in [0.1, 0.15) is 18.0 Å². The molecular formula is C35H43FN2O9. The predicted octanol–water partition coefficient (Wildman–Crippen LogP) is 5.27. The van der Waals surface area contributed by atoms with Crippen molar-refractivity contribution in [2.24, 2.45) is 17.8 Å². The highest BCUT2D eigenvalue weighted by Crippen LogP contribution is 2.51. The molecule has 2 aromatic carbocycles. The maximum absolute atomic E-state index is 13.5. The third-order valence-electron chi connectivity index (χ3n) is 9.76. The van der Waals surface area contributed by atoms with E-state index in [0.717, 1.165) is 37.2 Å². The Morgan fingerprint density at radius 2 is 1.68 bits per heavy atom. The van der Waals surface area contributed by atoms with Gasteiger partial charge in [0.25, 0.3) is 0 Å². The maximum Gasteiger partial charge on any atom is 0.338 e. The van der Waals surface area contributed by atoms with Crippen molar-refractivity contribution in [1.29, 1.82) is 0 Å². The first-order chi connectivity index (χ1) is 22.8. The molecule has 0 bridgehead atoms. The Morgan fingerprint density at radius 3 is 2.28 bits per heavy atom. The van der Waals surface area contributed by atoms with Gasteiger partial charge >= 0.3 is 11.9 Å². The van der Waals surface area contributed by atoms with Gasteiger partial charge in [-0.1, -0.05) is 6.58 Å². The first-order valence-electron chi connectivity index (χ1n) is 15.5. The van der Waals surface area contributed by atoms with E-state index in [1.54, 1.807) is 26.4 Å². The molecule has 6 rings (SSSR count). The molecule has 12 heteroatoms. The van der Waals surface area contributed by atoms with E-state index in [0.29, 0.717) is 23.7 Å². The second-order valence-corrected chi connectivity index (χ2v) is 11.8. The fraction of sp³-hybridized carbons (Fsp3) is 0.486. The van der Waals surface area contributed by atoms with Gasteiger partial charge in [0.05, 0.1) is 59.4 Å². The fourth-order valence-corrected chi connectivity index (χ4v) is 7.76. The number of halogens is 1. The zero-order valence-electron chi connectivity index (χ0n) is 27.7. The smallest absolute Gasteiger partial charge is 0.338 e. The van der Waals surface area contributed by atoms with Crippen molar-refractivity contribution in [1.82, 2.24) is 9.88 Å². The van der Waals surface area contributed by atoms with E-state index >= 15 is 0 Å². The molecule has 11 nitrogen and oxygen atoms in total. The summed E-state index contributed by atoms with van der Waals surface area (Å²) in [4.78, 5) is 33.1. The Kier molecular flexibility index (Phi) is 10.6. The number of carbonyl (C=O) groups is 2. The van der Waals surface area contributed by atoms with Crippen LogP contribution in [0, 0.1) is 17.8 Å². The number of ether oxygens (including phenoxy) is 7. The Morgan fingerprint density at radius 1 is 0.979 bits per heavy atom. The number of fused-ring (bicyclic) bond motifs is 6. The number of hydrogen-bond acceptors (Lipinski definition) is 10. The molecule has 3 aliphatic rings. The highest BCUT2D eigenvalue weighted by atomic mass is 19.1. The van der Waals surface area contributed by atoms with Crippen molar-refractivity contribution >= 4 is 22.8 Å². The number of piperidine rings is 1. The van der Waals surface area contributed by atoms with Gasteiger partial charge in [0.2, 0.25) is 5.75 Å². The van der Waals surface area contributed by atoms with Crippen LogP contribution in [-0.2, 0) is 25.4 Å². The molecule has 1 N–H and O–H groups in total. The molecule has 2 fully saturated rings. The molecule has 3 aromatic rings. The average molecular weight is 655 g/mol. The molecular weight excluding hydrogens is 611 g/mol. The van der Waals surface area contributed by atoms with Gasteiger partial charge in [-0.3, -0.25) is 9.69 Å². The number of methoxy groups -OCH3 is 6. The van der Waals surface area contributed by atoms with E-state index in [9.17, 15) is 14.0 Å². The lowest BCUT2D eigenvalue weighted by Crippen LogP contribution is -2.58. The van der Waals surface area contributed by atoms with E-state index < -0.39 is 24.1 Å². The van der Waals surface area contributed by atoms with Crippen molar-refractivity contribution in [2.75, 3.05) is 55.7 Å². The van der Waals surface area contributed by atoms with Gasteiger partial charge in [-0.2, -0.15) is 0 Å². The molecule has 1 saturated carbocycles. The number of esters is 2. The van der Waals surface area contributed by atoms with Gasteiger partial charge in [0.15, 0.2) is 11.5 Å². The van der Waals surface area contributed by atoms with Crippen molar-refractivity contribution < 1.29 is 47.1 Å². The van der Waals surface area contributed by atoms with Crippen molar-refractivity contribution in [3.05, 3.63) is 60.1 Å². The van der Waals surface area contributed by atoms with Gasteiger partial charge < -0.3 is 38.1 Å². The number of H-pyrrole nitrogens is 1. The van der Waals surface area contributed by atoms with Crippen LogP contribution in [0.3, 0.4) is 0 Å². The molecule has 0 unspecified atom stereocenters. The van der Waals surface area contributed by atoms with Gasteiger partial charge in [-0.05, 0) is 60.9 Å². The van der Waals surface area contributed by atoms with Gasteiger partial charge in [-0.25, -0.2) is 9.18 Å². The Bertz CT molecular complexity index is 1580. The van der Waals surface area contributed by atoms with Crippen LogP contribution in [0.2, 0.25) is 0 Å². The molecule has 1 aromatic heterocycles. The van der Waals surface area contributed by atoms with Crippen LogP contribution >= 0.6 is 0 Å². The second-order valence-electron chi connectivity index (χ2n) is 11.8. The van der Waals surface area contributed by atoms with Crippen LogP contribution in [0.4, 0.5) is 4.39 Å². The number of rotatable bonds is 8. The third-order valence-corrected chi connectivity index (χ3v) is 9.76. The molecule has 1 aliphatic carbocycles. The normalized spacial score (nSPS) is 24.7. The quantitative estimate of drug-likeness (QED) is 0.322. The highest BCUT2D eigenvalue weighted by Gasteiger charge is 2.54. The summed E-state index contributed by atoms with van der Waals surface area (Å²) in [5, 5.41) is 1.21. The van der Waals surface area contributed by atoms with Crippen LogP contribution in [0.25, 0.3) is 10.9 Å². The lowest BCUT2D eigenvalue weighted by molar-refractivity contribution is -0.176. The molecule has 0 radical (unpaired) electrons. The van der Waals surface area contributed by atoms with E-state index in [1.165, 1.54) is 45.1 Å². The van der Waals surface area contributed by atoms with E-state index in [2.05, 4.69) is 22.5 Å². The summed E-state index contributed by atoms with van der Waals surface area (Å²) >= 11 is 0. The van der Waals surface area contributed by atoms with Crippen LogP contribution in [0.1, 0.15) is 40.5 Å². The van der Waals surface area contributed by atoms with Crippen LogP contribution in [-0.4, -0.2) is 89.8 Å². The fourth-order valence-electron chi connectivity index (χ4n) is 7.76. The number of carbonyl (C=O) groups excluding carboxylic acids is 2. The van der Waals surface area contributed by atoms with Gasteiger partial charge in [-0.15, -0.1) is 0 Å². The summed E-state index contributed by atoms with van der Waals surface area (Å²) in [7, 11) is 9.10. The number of nitrogens with zero attached hydrogens (tertiary/aromatic N) is 1. The summed E-state index contributed by atoms with van der Waals surface area (Å²) in [6.07, 6.45) is 1.17. The second kappa shape index (κ2) is 14.6. The van der Waals surface area contributed by atoms with E-state index in [4.69, 9.17) is 33.2 Å². The molecule has 254 valence electrons. The Balaban J connectivity index is 0.00000139. The molecule has 2 aliphatic heterocycles. The summed E-state index contributed by atoms with van der Waals surface area (Å²) in [5.41, 5.74) is 3.83. The first-order valence-corrected chi connectivity index (χ1v) is 15.5. The number of nitrogens with one attached hydrogen (secondary N) is 1. The monoisotopic (exact) mass is 654 g/mol. The molecule has 47 heavy (non-hydrogen) atoms. The minimum Gasteiger partial charge on any atom is -0.497 e. The van der Waals surface area contributed by atoms with Crippen molar-refractivity contribution in [3.63, 3.8) is 0 Å². The number of benzene rings is 2. The molecule has 6 atom stereocenters. The first kappa shape index (κ1) is 34.1. The Hall–Kier alpha value is -4.29. The van der Waals surface area contributed by atoms with E-state index in [-0.39, 0.29) is 35.7 Å². The Labute approximate surface area is 273 Å². The lowest BCUT2D eigenvalue weighted by Gasteiger charge is -2.52. The molecule has 0 amide bonds. The maximum atomic E-state index is 13.5. The largest absolute Gasteiger partial charge is 0.497 e. The minimum absolute atomic E-state index is 0.0170. The van der Waals surface area contributed by atoms with Gasteiger partial charge in [0, 0.05) is 42.9 Å². The summed E-state index contributed by atoms with van der Waals surface area (Å²) in [6, 6.07) is 9.40.